The molecule has 33 heavy (non-hydrogen) atoms. The summed E-state index contributed by atoms with van der Waals surface area (Å²) in [6.45, 7) is 11.6. The van der Waals surface area contributed by atoms with Crippen molar-refractivity contribution in [1.29, 1.82) is 0 Å². The highest BCUT2D eigenvalue weighted by molar-refractivity contribution is 5.83. The summed E-state index contributed by atoms with van der Waals surface area (Å²) in [4.78, 5) is 4.54. The number of rotatable bonds is 6. The van der Waals surface area contributed by atoms with E-state index in [4.69, 9.17) is 4.74 Å². The number of benzene rings is 2. The number of quaternary nitrogens is 1. The predicted molar refractivity (Wildman–Crippen MR) is 133 cm³/mol. The van der Waals surface area contributed by atoms with E-state index in [-0.39, 0.29) is 6.04 Å². The van der Waals surface area contributed by atoms with Gasteiger partial charge in [0.15, 0.2) is 0 Å². The van der Waals surface area contributed by atoms with Gasteiger partial charge in [-0.25, -0.2) is 0 Å². The fourth-order valence-electron chi connectivity index (χ4n) is 6.48. The van der Waals surface area contributed by atoms with Gasteiger partial charge in [0, 0.05) is 35.9 Å². The smallest absolute Gasteiger partial charge is 0.131 e. The van der Waals surface area contributed by atoms with Gasteiger partial charge < -0.3 is 14.3 Å². The van der Waals surface area contributed by atoms with Crippen LogP contribution in [0.15, 0.2) is 61.3 Å². The Kier molecular flexibility index (Phi) is 5.75. The van der Waals surface area contributed by atoms with Crippen molar-refractivity contribution in [2.45, 2.75) is 45.4 Å². The lowest BCUT2D eigenvalue weighted by Crippen LogP contribution is -2.67. The molecule has 0 saturated carbocycles. The lowest BCUT2D eigenvalue weighted by molar-refractivity contribution is -0.985. The van der Waals surface area contributed by atoms with Gasteiger partial charge in [-0.2, -0.15) is 0 Å². The minimum Gasteiger partial charge on any atom is -0.497 e. The maximum atomic E-state index is 11.9. The van der Waals surface area contributed by atoms with Crippen LogP contribution in [0.1, 0.15) is 41.2 Å². The van der Waals surface area contributed by atoms with E-state index >= 15 is 0 Å². The van der Waals surface area contributed by atoms with Crippen molar-refractivity contribution < 1.29 is 14.3 Å². The Balaban J connectivity index is 1.57. The molecule has 3 saturated heterocycles. The molecule has 4 nitrogen and oxygen atoms in total. The molecule has 4 heteroatoms. The zero-order valence-electron chi connectivity index (χ0n) is 20.0. The molecule has 2 bridgehead atoms. The lowest BCUT2D eigenvalue weighted by atomic mass is 9.71. The second-order valence-corrected chi connectivity index (χ2v) is 10.2. The third kappa shape index (κ3) is 3.85. The van der Waals surface area contributed by atoms with E-state index in [1.165, 1.54) is 23.1 Å². The molecule has 6 rings (SSSR count). The quantitative estimate of drug-likeness (QED) is 0.404. The number of fused-ring (bicyclic) bond motifs is 4. The molecule has 0 spiro atoms. The van der Waals surface area contributed by atoms with Crippen LogP contribution in [0.3, 0.4) is 0 Å². The van der Waals surface area contributed by atoms with Crippen molar-refractivity contribution in [3.63, 3.8) is 0 Å². The number of methoxy groups -OCH3 is 1. The average Bonchev–Trinajstić information content (AvgIpc) is 2.84. The molecule has 0 radical (unpaired) electrons. The number of hydrogen-bond acceptors (Lipinski definition) is 3. The first kappa shape index (κ1) is 22.1. The van der Waals surface area contributed by atoms with E-state index in [1.54, 1.807) is 7.11 Å². The van der Waals surface area contributed by atoms with Gasteiger partial charge in [0.05, 0.1) is 25.7 Å². The van der Waals surface area contributed by atoms with Gasteiger partial charge in [-0.05, 0) is 55.2 Å². The van der Waals surface area contributed by atoms with Gasteiger partial charge in [-0.3, -0.25) is 4.98 Å². The molecule has 0 aliphatic carbocycles. The number of aryl methyl sites for hydroxylation is 2. The number of aliphatic hydroxyl groups is 1. The van der Waals surface area contributed by atoms with Gasteiger partial charge in [0.25, 0.3) is 0 Å². The first-order valence-electron chi connectivity index (χ1n) is 12.1. The predicted octanol–water partition coefficient (Wildman–Crippen LogP) is 5.51. The maximum absolute atomic E-state index is 11.9. The summed E-state index contributed by atoms with van der Waals surface area (Å²) in [5.41, 5.74) is 5.89. The minimum absolute atomic E-state index is 0.150. The lowest BCUT2D eigenvalue weighted by Gasteiger charge is -2.58. The first-order chi connectivity index (χ1) is 15.9. The molecule has 3 aliphatic rings. The molecule has 3 aliphatic heterocycles. The fraction of sp³-hybridized carbons (Fsp3) is 0.414. The Bertz CT molecular complexity index is 1190. The van der Waals surface area contributed by atoms with Gasteiger partial charge in [0.1, 0.15) is 24.4 Å². The van der Waals surface area contributed by atoms with Gasteiger partial charge in [0.2, 0.25) is 0 Å². The van der Waals surface area contributed by atoms with Crippen LogP contribution < -0.4 is 4.74 Å². The van der Waals surface area contributed by atoms with Crippen LogP contribution in [-0.2, 0) is 6.54 Å². The Morgan fingerprint density at radius 3 is 2.82 bits per heavy atom. The van der Waals surface area contributed by atoms with Crippen LogP contribution in [0.25, 0.3) is 10.9 Å². The van der Waals surface area contributed by atoms with Crippen molar-refractivity contribution in [2.75, 3.05) is 20.2 Å². The standard InChI is InChI=1S/C29H35N2O2/c1-5-21-17-31(18-23-7-6-19(2)14-20(23)3)13-11-22(21)15-28(31)29(32)25-10-12-30-27-9-8-24(33-4)16-26(25)27/h5-10,12,14,16,21-22,28-29,32H,1,11,13,15,17-18H2,2-4H3/q+1/t21-,22-,28+,29-,31-/m0/s1. The van der Waals surface area contributed by atoms with Crippen molar-refractivity contribution in [3.8, 4) is 5.75 Å². The molecule has 3 fully saturated rings. The summed E-state index contributed by atoms with van der Waals surface area (Å²) in [6, 6.07) is 14.9. The van der Waals surface area contributed by atoms with E-state index in [0.717, 1.165) is 52.8 Å². The van der Waals surface area contributed by atoms with Crippen LogP contribution in [-0.4, -0.2) is 40.8 Å². The van der Waals surface area contributed by atoms with E-state index in [1.807, 2.05) is 30.5 Å². The van der Waals surface area contributed by atoms with Gasteiger partial charge >= 0.3 is 0 Å². The first-order valence-corrected chi connectivity index (χ1v) is 12.1. The van der Waals surface area contributed by atoms with Crippen LogP contribution in [0.4, 0.5) is 0 Å². The van der Waals surface area contributed by atoms with E-state index < -0.39 is 6.10 Å². The van der Waals surface area contributed by atoms with Crippen LogP contribution in [0, 0.1) is 25.7 Å². The zero-order valence-corrected chi connectivity index (χ0v) is 20.0. The third-order valence-corrected chi connectivity index (χ3v) is 8.32. The molecule has 3 aromatic rings. The van der Waals surface area contributed by atoms with Crippen molar-refractivity contribution in [1.82, 2.24) is 4.98 Å². The molecule has 4 heterocycles. The second-order valence-electron chi connectivity index (χ2n) is 10.2. The Hall–Kier alpha value is -2.69. The normalized spacial score (nSPS) is 27.5. The molecule has 172 valence electrons. The number of aliphatic hydroxyl groups excluding tert-OH is 1. The highest BCUT2D eigenvalue weighted by Crippen LogP contribution is 2.48. The monoisotopic (exact) mass is 443 g/mol. The largest absolute Gasteiger partial charge is 0.497 e. The van der Waals surface area contributed by atoms with Crippen molar-refractivity contribution >= 4 is 10.9 Å². The Labute approximate surface area is 197 Å². The molecule has 0 amide bonds. The average molecular weight is 444 g/mol. The zero-order chi connectivity index (χ0) is 23.2. The Morgan fingerprint density at radius 2 is 2.06 bits per heavy atom. The van der Waals surface area contributed by atoms with Crippen LogP contribution >= 0.6 is 0 Å². The van der Waals surface area contributed by atoms with E-state index in [0.29, 0.717) is 11.8 Å². The number of ether oxygens (including phenoxy) is 1. The SMILES string of the molecule is C=C[C@H]1C[N@+]2(Cc3ccc(C)cc3C)CC[C@H]1C[C@@H]2[C@@H](O)c1ccnc2ccc(OC)cc12. The van der Waals surface area contributed by atoms with E-state index in [9.17, 15) is 5.11 Å². The maximum Gasteiger partial charge on any atom is 0.131 e. The molecular weight excluding hydrogens is 408 g/mol. The third-order valence-electron chi connectivity index (χ3n) is 8.32. The fourth-order valence-corrected chi connectivity index (χ4v) is 6.48. The summed E-state index contributed by atoms with van der Waals surface area (Å²) >= 11 is 0. The van der Waals surface area contributed by atoms with Crippen molar-refractivity contribution in [2.24, 2.45) is 11.8 Å². The number of nitrogens with zero attached hydrogens (tertiary/aromatic N) is 2. The van der Waals surface area contributed by atoms with Crippen LogP contribution in [0.5, 0.6) is 5.75 Å². The highest BCUT2D eigenvalue weighted by atomic mass is 16.5. The molecule has 2 aromatic carbocycles. The Morgan fingerprint density at radius 1 is 1.21 bits per heavy atom. The molecule has 0 unspecified atom stereocenters. The van der Waals surface area contributed by atoms with E-state index in [2.05, 4.69) is 49.7 Å². The highest BCUT2D eigenvalue weighted by Gasteiger charge is 2.54. The molecular formula is C29H35N2O2+. The molecule has 1 aromatic heterocycles. The molecule has 1 N–H and O–H groups in total. The van der Waals surface area contributed by atoms with Gasteiger partial charge in [-0.1, -0.05) is 29.8 Å². The summed E-state index contributed by atoms with van der Waals surface area (Å²) in [6.07, 6.45) is 5.66. The summed E-state index contributed by atoms with van der Waals surface area (Å²) in [7, 11) is 1.68. The van der Waals surface area contributed by atoms with Gasteiger partial charge in [-0.15, -0.1) is 6.58 Å². The number of hydrogen-bond donors (Lipinski definition) is 1. The topological polar surface area (TPSA) is 42.4 Å². The summed E-state index contributed by atoms with van der Waals surface area (Å²) in [5, 5.41) is 12.9. The summed E-state index contributed by atoms with van der Waals surface area (Å²) in [5.74, 6) is 1.91. The number of aromatic nitrogens is 1. The summed E-state index contributed by atoms with van der Waals surface area (Å²) < 4.78 is 6.40. The number of pyridine rings is 1. The number of piperidine rings is 3. The van der Waals surface area contributed by atoms with Crippen molar-refractivity contribution in [3.05, 3.63) is 83.6 Å². The second kappa shape index (κ2) is 8.58. The molecule has 5 atom stereocenters. The minimum atomic E-state index is -0.554. The van der Waals surface area contributed by atoms with Crippen LogP contribution in [0.2, 0.25) is 0 Å².